The summed E-state index contributed by atoms with van der Waals surface area (Å²) >= 11 is 0. The van der Waals surface area contributed by atoms with E-state index >= 15 is 0 Å². The lowest BCUT2D eigenvalue weighted by Crippen LogP contribution is -2.12. The van der Waals surface area contributed by atoms with Gasteiger partial charge in [0.25, 0.3) is 0 Å². The number of pyridine rings is 2. The fourth-order valence-corrected chi connectivity index (χ4v) is 4.29. The van der Waals surface area contributed by atoms with Gasteiger partial charge in [0.15, 0.2) is 0 Å². The molecule has 0 unspecified atom stereocenters. The van der Waals surface area contributed by atoms with Crippen molar-refractivity contribution in [2.75, 3.05) is 0 Å². The Balaban J connectivity index is 0.000000320. The van der Waals surface area contributed by atoms with E-state index in [0.29, 0.717) is 5.69 Å². The summed E-state index contributed by atoms with van der Waals surface area (Å²) in [6, 6.07) is 16.2. The molecule has 0 atom stereocenters. The summed E-state index contributed by atoms with van der Waals surface area (Å²) in [6.45, 7) is 37.5. The first-order chi connectivity index (χ1) is 21.6. The van der Waals surface area contributed by atoms with E-state index in [2.05, 4.69) is 123 Å². The second-order valence-electron chi connectivity index (χ2n) is 17.2. The van der Waals surface area contributed by atoms with Crippen LogP contribution < -0.4 is 0 Å². The molecule has 2 nitrogen and oxygen atoms in total. The summed E-state index contributed by atoms with van der Waals surface area (Å²) in [6.07, 6.45) is 3.69. The highest BCUT2D eigenvalue weighted by atomic mass is 19.1. The topological polar surface area (TPSA) is 25.8 Å². The Morgan fingerprint density at radius 3 is 1.25 bits per heavy atom. The Morgan fingerprint density at radius 1 is 0.417 bits per heavy atom. The minimum absolute atomic E-state index is 0.0263. The zero-order valence-corrected chi connectivity index (χ0v) is 33.4. The molecule has 0 bridgehead atoms. The maximum atomic E-state index is 13.4. The first-order valence-electron chi connectivity index (χ1n) is 17.0. The minimum Gasteiger partial charge on any atom is -0.261 e. The molecule has 0 aliphatic rings. The van der Waals surface area contributed by atoms with Crippen molar-refractivity contribution in [2.24, 2.45) is 0 Å². The maximum absolute atomic E-state index is 13.4. The van der Waals surface area contributed by atoms with Gasteiger partial charge in [0.1, 0.15) is 11.6 Å². The highest BCUT2D eigenvalue weighted by molar-refractivity contribution is 5.35. The van der Waals surface area contributed by atoms with Crippen LogP contribution >= 0.6 is 0 Å². The van der Waals surface area contributed by atoms with Crippen LogP contribution in [-0.4, -0.2) is 9.97 Å². The second kappa shape index (κ2) is 16.8. The molecule has 0 fully saturated rings. The van der Waals surface area contributed by atoms with Crippen LogP contribution in [0, 0.1) is 53.2 Å². The molecule has 0 radical (unpaired) electrons. The molecular formula is C44H64F2N2. The van der Waals surface area contributed by atoms with Gasteiger partial charge in [0.05, 0.1) is 5.69 Å². The lowest BCUT2D eigenvalue weighted by molar-refractivity contribution is 0.561. The van der Waals surface area contributed by atoms with Crippen molar-refractivity contribution < 1.29 is 8.78 Å². The van der Waals surface area contributed by atoms with Gasteiger partial charge in [-0.1, -0.05) is 113 Å². The third-order valence-electron chi connectivity index (χ3n) is 8.51. The van der Waals surface area contributed by atoms with E-state index in [-0.39, 0.29) is 33.3 Å². The molecule has 0 N–H and O–H groups in total. The average Bonchev–Trinajstić information content (AvgIpc) is 2.93. The van der Waals surface area contributed by atoms with Crippen LogP contribution in [0.25, 0.3) is 0 Å². The van der Waals surface area contributed by atoms with Crippen molar-refractivity contribution in [3.05, 3.63) is 128 Å². The molecular weight excluding hydrogens is 594 g/mol. The van der Waals surface area contributed by atoms with Crippen molar-refractivity contribution in [1.29, 1.82) is 0 Å². The Hall–Kier alpha value is -3.40. The van der Waals surface area contributed by atoms with E-state index in [4.69, 9.17) is 0 Å². The Bertz CT molecular complexity index is 1520. The first-order valence-corrected chi connectivity index (χ1v) is 17.0. The van der Waals surface area contributed by atoms with Crippen molar-refractivity contribution in [3.63, 3.8) is 0 Å². The Kier molecular flexibility index (Phi) is 14.9. The molecule has 0 saturated carbocycles. The summed E-state index contributed by atoms with van der Waals surface area (Å²) < 4.78 is 26.4. The number of hydrogen-bond donors (Lipinski definition) is 0. The average molecular weight is 659 g/mol. The van der Waals surface area contributed by atoms with Crippen LogP contribution in [0.5, 0.6) is 0 Å². The zero-order valence-electron chi connectivity index (χ0n) is 33.4. The summed E-state index contributed by atoms with van der Waals surface area (Å²) in [7, 11) is 0. The number of nitrogens with zero attached hydrogens (tertiary/aromatic N) is 2. The van der Waals surface area contributed by atoms with E-state index in [9.17, 15) is 8.78 Å². The minimum atomic E-state index is -0.220. The van der Waals surface area contributed by atoms with Crippen LogP contribution in [0.3, 0.4) is 0 Å². The molecule has 2 aromatic carbocycles. The van der Waals surface area contributed by atoms with Gasteiger partial charge < -0.3 is 0 Å². The molecule has 264 valence electrons. The van der Waals surface area contributed by atoms with Crippen molar-refractivity contribution in [1.82, 2.24) is 9.97 Å². The SMILES string of the molecule is Cc1cc(C(C)(C)C)cc(F)c1C.Cc1ccc(C(C)(C)C)cc1C.Cc1ccc(C(C)(C)C)cn1.Cc1ncc(C(C)(C)C)cc1F. The number of hydrogen-bond acceptors (Lipinski definition) is 2. The van der Waals surface area contributed by atoms with E-state index in [1.165, 1.54) is 22.3 Å². The summed E-state index contributed by atoms with van der Waals surface area (Å²) in [5, 5.41) is 0. The highest BCUT2D eigenvalue weighted by Gasteiger charge is 2.17. The van der Waals surface area contributed by atoms with Gasteiger partial charge in [0.2, 0.25) is 0 Å². The molecule has 4 heteroatoms. The van der Waals surface area contributed by atoms with E-state index in [1.54, 1.807) is 25.3 Å². The smallest absolute Gasteiger partial charge is 0.144 e. The molecule has 2 heterocycles. The van der Waals surface area contributed by atoms with Crippen LogP contribution in [0.15, 0.2) is 60.9 Å². The Labute approximate surface area is 292 Å². The Morgan fingerprint density at radius 2 is 0.854 bits per heavy atom. The second-order valence-corrected chi connectivity index (χ2v) is 17.2. The summed E-state index contributed by atoms with van der Waals surface area (Å²) in [4.78, 5) is 8.22. The maximum Gasteiger partial charge on any atom is 0.144 e. The number of benzene rings is 2. The standard InChI is InChI=1S/C12H17F.C12H18.C10H14FN.C10H15N/c1-8-6-10(12(3,4)5)7-11(13)9(8)2;1-9-6-7-11(8-10(9)2)12(3,4)5;1-7-9(11)5-8(6-12-7)10(2,3)4;1-8-5-6-9(7-11-8)10(2,3)4/h6-7H,1-5H3;6-8H,1-5H3;5-6H,1-4H3;5-7H,1-4H3. The lowest BCUT2D eigenvalue weighted by Gasteiger charge is -2.20. The van der Waals surface area contributed by atoms with Gasteiger partial charge >= 0.3 is 0 Å². The lowest BCUT2D eigenvalue weighted by atomic mass is 9.85. The van der Waals surface area contributed by atoms with Crippen LogP contribution in [0.1, 0.15) is 139 Å². The number of rotatable bonds is 0. The van der Waals surface area contributed by atoms with E-state index < -0.39 is 0 Å². The van der Waals surface area contributed by atoms with E-state index in [0.717, 1.165) is 27.9 Å². The van der Waals surface area contributed by atoms with Crippen molar-refractivity contribution in [2.45, 2.75) is 146 Å². The molecule has 0 aliphatic heterocycles. The molecule has 0 spiro atoms. The monoisotopic (exact) mass is 659 g/mol. The highest BCUT2D eigenvalue weighted by Crippen LogP contribution is 2.27. The molecule has 4 rings (SSSR count). The normalized spacial score (nSPS) is 11.8. The third-order valence-corrected chi connectivity index (χ3v) is 8.51. The predicted octanol–water partition coefficient (Wildman–Crippen LogP) is 12.9. The molecule has 4 aromatic rings. The molecule has 2 aromatic heterocycles. The van der Waals surface area contributed by atoms with Gasteiger partial charge in [-0.05, 0) is 126 Å². The fourth-order valence-electron chi connectivity index (χ4n) is 4.29. The van der Waals surface area contributed by atoms with Gasteiger partial charge in [-0.25, -0.2) is 8.78 Å². The summed E-state index contributed by atoms with van der Waals surface area (Å²) in [5.41, 5.74) is 11.3. The van der Waals surface area contributed by atoms with Gasteiger partial charge in [-0.15, -0.1) is 0 Å². The molecule has 0 aliphatic carbocycles. The number of aryl methyl sites for hydroxylation is 5. The first kappa shape index (κ1) is 42.6. The van der Waals surface area contributed by atoms with Crippen molar-refractivity contribution in [3.8, 4) is 0 Å². The number of halogens is 2. The molecule has 0 amide bonds. The fraction of sp³-hybridized carbons (Fsp3) is 0.500. The zero-order chi connectivity index (χ0) is 37.4. The third kappa shape index (κ3) is 14.0. The van der Waals surface area contributed by atoms with E-state index in [1.807, 2.05) is 47.7 Å². The van der Waals surface area contributed by atoms with Gasteiger partial charge in [0, 0.05) is 18.1 Å². The van der Waals surface area contributed by atoms with Gasteiger partial charge in [-0.3, -0.25) is 9.97 Å². The quantitative estimate of drug-likeness (QED) is 0.188. The van der Waals surface area contributed by atoms with Crippen LogP contribution in [0.2, 0.25) is 0 Å². The summed E-state index contributed by atoms with van der Waals surface area (Å²) in [5.74, 6) is -0.313. The van der Waals surface area contributed by atoms with Crippen LogP contribution in [0.4, 0.5) is 8.78 Å². The molecule has 48 heavy (non-hydrogen) atoms. The van der Waals surface area contributed by atoms with Crippen LogP contribution in [-0.2, 0) is 21.7 Å². The number of aromatic nitrogens is 2. The predicted molar refractivity (Wildman–Crippen MR) is 204 cm³/mol. The largest absolute Gasteiger partial charge is 0.261 e. The molecule has 0 saturated heterocycles. The van der Waals surface area contributed by atoms with Crippen molar-refractivity contribution >= 4 is 0 Å². The van der Waals surface area contributed by atoms with Gasteiger partial charge in [-0.2, -0.15) is 0 Å².